The van der Waals surface area contributed by atoms with Gasteiger partial charge >= 0.3 is 0 Å². The zero-order valence-corrected chi connectivity index (χ0v) is 13.6. The van der Waals surface area contributed by atoms with E-state index in [2.05, 4.69) is 30.9 Å². The Balaban J connectivity index is 1.70. The molecule has 1 unspecified atom stereocenters. The van der Waals surface area contributed by atoms with E-state index >= 15 is 0 Å². The number of aliphatic hydroxyl groups excluding tert-OH is 1. The molecule has 1 N–H and O–H groups in total. The molecule has 21 heavy (non-hydrogen) atoms. The van der Waals surface area contributed by atoms with E-state index in [-0.39, 0.29) is 0 Å². The Morgan fingerprint density at radius 2 is 1.81 bits per heavy atom. The fraction of sp³-hybridized carbons (Fsp3) is 0.667. The van der Waals surface area contributed by atoms with Gasteiger partial charge in [-0.2, -0.15) is 0 Å². The van der Waals surface area contributed by atoms with Crippen molar-refractivity contribution in [1.82, 2.24) is 4.90 Å². The zero-order chi connectivity index (χ0) is 15.2. The lowest BCUT2D eigenvalue weighted by atomic mass is 10.00. The highest BCUT2D eigenvalue weighted by Crippen LogP contribution is 2.28. The van der Waals surface area contributed by atoms with Gasteiger partial charge in [-0.3, -0.25) is 0 Å². The van der Waals surface area contributed by atoms with Crippen molar-refractivity contribution in [3.8, 4) is 0 Å². The Morgan fingerprint density at radius 1 is 1.19 bits per heavy atom. The number of aliphatic hydroxyl groups is 1. The molecule has 3 nitrogen and oxygen atoms in total. The quantitative estimate of drug-likeness (QED) is 0.709. The molecule has 1 saturated carbocycles. The molecule has 0 bridgehead atoms. The largest absolute Gasteiger partial charge is 0.387 e. The average molecular weight is 291 g/mol. The number of ether oxygens (including phenoxy) is 1. The Kier molecular flexibility index (Phi) is 6.22. The second-order valence-corrected chi connectivity index (χ2v) is 6.62. The minimum Gasteiger partial charge on any atom is -0.387 e. The summed E-state index contributed by atoms with van der Waals surface area (Å²) in [6.45, 7) is 7.54. The van der Waals surface area contributed by atoms with Crippen LogP contribution >= 0.6 is 0 Å². The highest BCUT2D eigenvalue weighted by atomic mass is 16.5. The summed E-state index contributed by atoms with van der Waals surface area (Å²) >= 11 is 0. The third-order valence-corrected chi connectivity index (χ3v) is 4.14. The van der Waals surface area contributed by atoms with Crippen molar-refractivity contribution in [2.75, 3.05) is 33.4 Å². The van der Waals surface area contributed by atoms with Crippen LogP contribution in [0.4, 0.5) is 0 Å². The molecule has 1 fully saturated rings. The number of nitrogens with zero attached hydrogens (tertiary/aromatic N) is 1. The number of likely N-dealkylation sites (N-methyl/N-ethyl adjacent to an activating group) is 1. The van der Waals surface area contributed by atoms with E-state index in [9.17, 15) is 5.11 Å². The molecule has 2 rings (SSSR count). The van der Waals surface area contributed by atoms with Gasteiger partial charge in [-0.1, -0.05) is 38.1 Å². The van der Waals surface area contributed by atoms with Crippen LogP contribution < -0.4 is 0 Å². The SMILES string of the molecule is CC(C)c1ccc(C(O)CN(C)CCOCC2CC2)cc1. The Hall–Kier alpha value is -0.900. The lowest BCUT2D eigenvalue weighted by Gasteiger charge is -2.21. The molecule has 0 amide bonds. The van der Waals surface area contributed by atoms with Gasteiger partial charge in [0.1, 0.15) is 0 Å². The monoisotopic (exact) mass is 291 g/mol. The first-order valence-electron chi connectivity index (χ1n) is 8.10. The molecule has 1 atom stereocenters. The molecule has 0 aromatic heterocycles. The van der Waals surface area contributed by atoms with Gasteiger partial charge in [0.25, 0.3) is 0 Å². The number of hydrogen-bond donors (Lipinski definition) is 1. The summed E-state index contributed by atoms with van der Waals surface area (Å²) in [7, 11) is 2.03. The van der Waals surface area contributed by atoms with Crippen molar-refractivity contribution in [1.29, 1.82) is 0 Å². The van der Waals surface area contributed by atoms with Crippen LogP contribution in [0.5, 0.6) is 0 Å². The molecule has 0 saturated heterocycles. The molecular formula is C18H29NO2. The number of benzene rings is 1. The second kappa shape index (κ2) is 7.92. The lowest BCUT2D eigenvalue weighted by molar-refractivity contribution is 0.0794. The second-order valence-electron chi connectivity index (χ2n) is 6.62. The number of hydrogen-bond acceptors (Lipinski definition) is 3. The first-order chi connectivity index (χ1) is 10.1. The van der Waals surface area contributed by atoms with Crippen molar-refractivity contribution in [2.45, 2.75) is 38.7 Å². The van der Waals surface area contributed by atoms with Crippen molar-refractivity contribution < 1.29 is 9.84 Å². The van der Waals surface area contributed by atoms with Crippen molar-refractivity contribution in [3.05, 3.63) is 35.4 Å². The molecule has 0 heterocycles. The maximum atomic E-state index is 10.3. The van der Waals surface area contributed by atoms with Crippen molar-refractivity contribution in [2.24, 2.45) is 5.92 Å². The average Bonchev–Trinajstić information content (AvgIpc) is 3.28. The molecule has 0 radical (unpaired) electrons. The Morgan fingerprint density at radius 3 is 2.38 bits per heavy atom. The first kappa shape index (κ1) is 16.5. The molecule has 1 aromatic rings. The van der Waals surface area contributed by atoms with Crippen LogP contribution in [0.2, 0.25) is 0 Å². The highest BCUT2D eigenvalue weighted by Gasteiger charge is 2.21. The van der Waals surface area contributed by atoms with Gasteiger partial charge in [-0.25, -0.2) is 0 Å². The molecule has 1 aromatic carbocycles. The smallest absolute Gasteiger partial charge is 0.0916 e. The number of rotatable bonds is 9. The van der Waals surface area contributed by atoms with Gasteiger partial charge in [-0.15, -0.1) is 0 Å². The van der Waals surface area contributed by atoms with Gasteiger partial charge < -0.3 is 14.7 Å². The fourth-order valence-electron chi connectivity index (χ4n) is 2.35. The van der Waals surface area contributed by atoms with Gasteiger partial charge in [0.05, 0.1) is 12.7 Å². The summed E-state index contributed by atoms with van der Waals surface area (Å²) in [6.07, 6.45) is 2.24. The summed E-state index contributed by atoms with van der Waals surface area (Å²) in [6, 6.07) is 8.30. The Labute approximate surface area is 128 Å². The zero-order valence-electron chi connectivity index (χ0n) is 13.6. The third kappa shape index (κ3) is 5.77. The third-order valence-electron chi connectivity index (χ3n) is 4.14. The van der Waals surface area contributed by atoms with Crippen LogP contribution in [-0.2, 0) is 4.74 Å². The molecule has 3 heteroatoms. The van der Waals surface area contributed by atoms with E-state index < -0.39 is 6.10 Å². The van der Waals surface area contributed by atoms with Crippen LogP contribution in [0.3, 0.4) is 0 Å². The molecule has 0 spiro atoms. The fourth-order valence-corrected chi connectivity index (χ4v) is 2.35. The van der Waals surface area contributed by atoms with E-state index in [4.69, 9.17) is 4.74 Å². The van der Waals surface area contributed by atoms with Crippen LogP contribution in [0.15, 0.2) is 24.3 Å². The molecule has 1 aliphatic carbocycles. The molecular weight excluding hydrogens is 262 g/mol. The van der Waals surface area contributed by atoms with Crippen LogP contribution in [-0.4, -0.2) is 43.4 Å². The van der Waals surface area contributed by atoms with E-state index in [1.54, 1.807) is 0 Å². The summed E-state index contributed by atoms with van der Waals surface area (Å²) < 4.78 is 5.63. The van der Waals surface area contributed by atoms with E-state index in [1.165, 1.54) is 18.4 Å². The van der Waals surface area contributed by atoms with Gasteiger partial charge in [0.15, 0.2) is 0 Å². The van der Waals surface area contributed by atoms with Crippen LogP contribution in [0, 0.1) is 5.92 Å². The first-order valence-corrected chi connectivity index (χ1v) is 8.10. The lowest BCUT2D eigenvalue weighted by Crippen LogP contribution is -2.28. The van der Waals surface area contributed by atoms with Crippen LogP contribution in [0.1, 0.15) is 49.8 Å². The highest BCUT2D eigenvalue weighted by molar-refractivity contribution is 5.26. The van der Waals surface area contributed by atoms with E-state index in [0.29, 0.717) is 12.5 Å². The summed E-state index contributed by atoms with van der Waals surface area (Å²) in [5.74, 6) is 1.35. The minimum absolute atomic E-state index is 0.431. The molecule has 118 valence electrons. The molecule has 1 aliphatic rings. The predicted octanol–water partition coefficient (Wildman–Crippen LogP) is 3.20. The predicted molar refractivity (Wildman–Crippen MR) is 86.5 cm³/mol. The maximum absolute atomic E-state index is 10.3. The topological polar surface area (TPSA) is 32.7 Å². The standard InChI is InChI=1S/C18H29NO2/c1-14(2)16-6-8-17(9-7-16)18(20)12-19(3)10-11-21-13-15-4-5-15/h6-9,14-15,18,20H,4-5,10-13H2,1-3H3. The van der Waals surface area contributed by atoms with Crippen molar-refractivity contribution >= 4 is 0 Å². The Bertz CT molecular complexity index is 412. The van der Waals surface area contributed by atoms with Gasteiger partial charge in [0.2, 0.25) is 0 Å². The van der Waals surface area contributed by atoms with Gasteiger partial charge in [-0.05, 0) is 42.9 Å². The van der Waals surface area contributed by atoms with Crippen molar-refractivity contribution in [3.63, 3.8) is 0 Å². The van der Waals surface area contributed by atoms with E-state index in [0.717, 1.165) is 31.2 Å². The normalized spacial score (nSPS) is 16.7. The van der Waals surface area contributed by atoms with Crippen LogP contribution in [0.25, 0.3) is 0 Å². The van der Waals surface area contributed by atoms with Gasteiger partial charge in [0, 0.05) is 19.7 Å². The maximum Gasteiger partial charge on any atom is 0.0916 e. The molecule has 0 aliphatic heterocycles. The summed E-state index contributed by atoms with van der Waals surface area (Å²) in [5.41, 5.74) is 2.30. The summed E-state index contributed by atoms with van der Waals surface area (Å²) in [4.78, 5) is 2.13. The summed E-state index contributed by atoms with van der Waals surface area (Å²) in [5, 5.41) is 10.3. The minimum atomic E-state index is -0.431. The van der Waals surface area contributed by atoms with E-state index in [1.807, 2.05) is 19.2 Å².